The van der Waals surface area contributed by atoms with Crippen molar-refractivity contribution in [3.05, 3.63) is 54.2 Å². The Balaban J connectivity index is 0.000000956. The third-order valence-electron chi connectivity index (χ3n) is 2.76. The molecule has 0 aliphatic carbocycles. The Hall–Kier alpha value is -2.03. The predicted molar refractivity (Wildman–Crippen MR) is 85.5 cm³/mol. The lowest BCUT2D eigenvalue weighted by Crippen LogP contribution is -2.24. The summed E-state index contributed by atoms with van der Waals surface area (Å²) in [7, 11) is 2.01. The van der Waals surface area contributed by atoms with Crippen LogP contribution in [0.15, 0.2) is 48.7 Å². The smallest absolute Gasteiger partial charge is 0.128 e. The molecule has 0 amide bonds. The van der Waals surface area contributed by atoms with Gasteiger partial charge in [0.25, 0.3) is 0 Å². The second-order valence-corrected chi connectivity index (χ2v) is 4.27. The maximum absolute atomic E-state index is 5.68. The summed E-state index contributed by atoms with van der Waals surface area (Å²) in [4.78, 5) is 6.36. The first kappa shape index (κ1) is 16.0. The molecule has 0 unspecified atom stereocenters. The van der Waals surface area contributed by atoms with E-state index < -0.39 is 0 Å². The lowest BCUT2D eigenvalue weighted by Gasteiger charge is -2.18. The van der Waals surface area contributed by atoms with Crippen molar-refractivity contribution in [2.75, 3.05) is 25.1 Å². The van der Waals surface area contributed by atoms with Crippen LogP contribution >= 0.6 is 0 Å². The van der Waals surface area contributed by atoms with Crippen molar-refractivity contribution >= 4 is 5.82 Å². The number of pyridine rings is 1. The minimum atomic E-state index is 0.649. The summed E-state index contributed by atoms with van der Waals surface area (Å²) in [5, 5.41) is 0. The van der Waals surface area contributed by atoms with E-state index in [-0.39, 0.29) is 0 Å². The van der Waals surface area contributed by atoms with Crippen LogP contribution in [0.4, 0.5) is 5.82 Å². The number of aromatic nitrogens is 1. The maximum atomic E-state index is 5.68. The molecule has 108 valence electrons. The summed E-state index contributed by atoms with van der Waals surface area (Å²) >= 11 is 0. The van der Waals surface area contributed by atoms with Gasteiger partial charge in [-0.05, 0) is 31.2 Å². The first-order valence-electron chi connectivity index (χ1n) is 7.07. The maximum Gasteiger partial charge on any atom is 0.128 e. The molecule has 0 saturated heterocycles. The Morgan fingerprint density at radius 3 is 2.35 bits per heavy atom. The highest BCUT2D eigenvalue weighted by Gasteiger charge is 2.01. The molecule has 0 aliphatic heterocycles. The molecule has 0 bridgehead atoms. The van der Waals surface area contributed by atoms with E-state index in [9.17, 15) is 0 Å². The summed E-state index contributed by atoms with van der Waals surface area (Å²) in [6.07, 6.45) is 1.80. The van der Waals surface area contributed by atoms with Gasteiger partial charge in [-0.3, -0.25) is 0 Å². The Labute approximate surface area is 122 Å². The van der Waals surface area contributed by atoms with Gasteiger partial charge in [0.15, 0.2) is 0 Å². The molecule has 0 spiro atoms. The van der Waals surface area contributed by atoms with Crippen LogP contribution in [0.1, 0.15) is 19.4 Å². The van der Waals surface area contributed by atoms with Crippen molar-refractivity contribution in [3.8, 4) is 5.75 Å². The van der Waals surface area contributed by atoms with Crippen LogP contribution in [0.2, 0.25) is 0 Å². The second kappa shape index (κ2) is 8.97. The number of nitrogens with zero attached hydrogens (tertiary/aromatic N) is 2. The number of rotatable bonds is 5. The van der Waals surface area contributed by atoms with Gasteiger partial charge in [-0.2, -0.15) is 0 Å². The van der Waals surface area contributed by atoms with E-state index in [0.29, 0.717) is 6.61 Å². The Bertz CT molecular complexity index is 468. The zero-order valence-electron chi connectivity index (χ0n) is 12.8. The van der Waals surface area contributed by atoms with Crippen LogP contribution in [-0.2, 0) is 0 Å². The number of ether oxygens (including phenoxy) is 1. The second-order valence-electron chi connectivity index (χ2n) is 4.27. The van der Waals surface area contributed by atoms with E-state index in [2.05, 4.69) is 28.9 Å². The minimum Gasteiger partial charge on any atom is -0.492 e. The van der Waals surface area contributed by atoms with Crippen LogP contribution in [0.25, 0.3) is 0 Å². The van der Waals surface area contributed by atoms with Crippen molar-refractivity contribution in [2.45, 2.75) is 20.8 Å². The molecular formula is C17H24N2O. The molecule has 0 atom stereocenters. The molecule has 20 heavy (non-hydrogen) atoms. The summed E-state index contributed by atoms with van der Waals surface area (Å²) in [5.74, 6) is 1.88. The largest absolute Gasteiger partial charge is 0.492 e. The lowest BCUT2D eigenvalue weighted by molar-refractivity contribution is 0.325. The fourth-order valence-corrected chi connectivity index (χ4v) is 1.63. The van der Waals surface area contributed by atoms with Crippen molar-refractivity contribution < 1.29 is 4.74 Å². The van der Waals surface area contributed by atoms with Crippen molar-refractivity contribution in [1.82, 2.24) is 4.98 Å². The van der Waals surface area contributed by atoms with Gasteiger partial charge in [0.05, 0.1) is 6.54 Å². The quantitative estimate of drug-likeness (QED) is 0.824. The van der Waals surface area contributed by atoms with Crippen LogP contribution in [0.3, 0.4) is 0 Å². The van der Waals surface area contributed by atoms with Gasteiger partial charge in [-0.25, -0.2) is 4.98 Å². The topological polar surface area (TPSA) is 25.4 Å². The number of hydrogen-bond acceptors (Lipinski definition) is 3. The van der Waals surface area contributed by atoms with E-state index in [1.54, 1.807) is 6.20 Å². The number of aryl methyl sites for hydroxylation is 1. The lowest BCUT2D eigenvalue weighted by atomic mass is 10.2. The molecule has 0 fully saturated rings. The van der Waals surface area contributed by atoms with Crippen LogP contribution in [0.5, 0.6) is 5.75 Å². The molecule has 2 aromatic rings. The summed E-state index contributed by atoms with van der Waals surface area (Å²) in [6.45, 7) is 7.53. The minimum absolute atomic E-state index is 0.649. The summed E-state index contributed by atoms with van der Waals surface area (Å²) in [5.41, 5.74) is 1.24. The molecule has 3 heteroatoms. The van der Waals surface area contributed by atoms with E-state index in [0.717, 1.165) is 18.1 Å². The van der Waals surface area contributed by atoms with E-state index in [4.69, 9.17) is 4.74 Å². The normalized spacial score (nSPS) is 9.40. The van der Waals surface area contributed by atoms with E-state index in [1.165, 1.54) is 5.56 Å². The molecule has 1 heterocycles. The zero-order valence-corrected chi connectivity index (χ0v) is 12.8. The Morgan fingerprint density at radius 1 is 1.05 bits per heavy atom. The number of anilines is 1. The zero-order chi connectivity index (χ0) is 14.8. The molecule has 3 nitrogen and oxygen atoms in total. The molecule has 0 saturated carbocycles. The molecular weight excluding hydrogens is 248 g/mol. The molecule has 0 N–H and O–H groups in total. The van der Waals surface area contributed by atoms with Gasteiger partial charge in [-0.1, -0.05) is 37.6 Å². The molecule has 0 radical (unpaired) electrons. The predicted octanol–water partition coefficient (Wildman–Crippen LogP) is 3.93. The first-order chi connectivity index (χ1) is 9.75. The third kappa shape index (κ3) is 5.31. The number of benzene rings is 1. The average molecular weight is 272 g/mol. The number of likely N-dealkylation sites (N-methyl/N-ethyl adjacent to an activating group) is 1. The van der Waals surface area contributed by atoms with Crippen molar-refractivity contribution in [3.63, 3.8) is 0 Å². The van der Waals surface area contributed by atoms with Crippen molar-refractivity contribution in [1.29, 1.82) is 0 Å². The molecule has 0 aliphatic rings. The van der Waals surface area contributed by atoms with Gasteiger partial charge in [0.2, 0.25) is 0 Å². The van der Waals surface area contributed by atoms with Crippen LogP contribution in [0, 0.1) is 6.92 Å². The number of hydrogen-bond donors (Lipinski definition) is 0. The van der Waals surface area contributed by atoms with Gasteiger partial charge < -0.3 is 9.64 Å². The fraction of sp³-hybridized carbons (Fsp3) is 0.353. The molecule has 2 rings (SSSR count). The monoisotopic (exact) mass is 272 g/mol. The van der Waals surface area contributed by atoms with Gasteiger partial charge in [-0.15, -0.1) is 0 Å². The summed E-state index contributed by atoms with van der Waals surface area (Å²) in [6, 6.07) is 14.0. The van der Waals surface area contributed by atoms with Crippen LogP contribution < -0.4 is 9.64 Å². The van der Waals surface area contributed by atoms with Gasteiger partial charge >= 0.3 is 0 Å². The third-order valence-corrected chi connectivity index (χ3v) is 2.76. The van der Waals surface area contributed by atoms with E-state index in [1.807, 2.05) is 51.2 Å². The Kier molecular flexibility index (Phi) is 7.18. The molecule has 1 aromatic heterocycles. The first-order valence-corrected chi connectivity index (χ1v) is 7.07. The molecule has 1 aromatic carbocycles. The fourth-order valence-electron chi connectivity index (χ4n) is 1.63. The van der Waals surface area contributed by atoms with E-state index >= 15 is 0 Å². The van der Waals surface area contributed by atoms with Crippen LogP contribution in [-0.4, -0.2) is 25.2 Å². The highest BCUT2D eigenvalue weighted by molar-refractivity contribution is 5.36. The highest BCUT2D eigenvalue weighted by atomic mass is 16.5. The van der Waals surface area contributed by atoms with Crippen molar-refractivity contribution in [2.24, 2.45) is 0 Å². The summed E-state index contributed by atoms with van der Waals surface area (Å²) < 4.78 is 5.68. The average Bonchev–Trinajstić information content (AvgIpc) is 2.52. The Morgan fingerprint density at radius 2 is 1.75 bits per heavy atom. The standard InChI is InChI=1S/C15H18N2O.C2H6/c1-13-6-8-14(9-7-13)18-12-11-17(2)15-5-3-4-10-16-15;1-2/h3-10H,11-12H2,1-2H3;1-2H3. The SMILES string of the molecule is CC.Cc1ccc(OCCN(C)c2ccccn2)cc1. The van der Waals surface area contributed by atoms with Gasteiger partial charge in [0.1, 0.15) is 18.2 Å². The highest BCUT2D eigenvalue weighted by Crippen LogP contribution is 2.12. The van der Waals surface area contributed by atoms with Gasteiger partial charge in [0, 0.05) is 13.2 Å².